The summed E-state index contributed by atoms with van der Waals surface area (Å²) in [5, 5.41) is 5.08. The summed E-state index contributed by atoms with van der Waals surface area (Å²) in [6.07, 6.45) is 1.58. The quantitative estimate of drug-likeness (QED) is 0.542. The lowest BCUT2D eigenvalue weighted by atomic mass is 10.2. The first-order valence-corrected chi connectivity index (χ1v) is 13.3. The third-order valence-electron chi connectivity index (χ3n) is 5.38. The van der Waals surface area contributed by atoms with Crippen molar-refractivity contribution < 1.29 is 16.8 Å². The molecule has 0 aromatic heterocycles. The van der Waals surface area contributed by atoms with Crippen molar-refractivity contribution in [2.24, 2.45) is 5.14 Å². The summed E-state index contributed by atoms with van der Waals surface area (Å²) in [4.78, 5) is 4.47. The number of primary sulfonamides is 1. The van der Waals surface area contributed by atoms with Gasteiger partial charge in [-0.3, -0.25) is 4.90 Å². The van der Waals surface area contributed by atoms with Crippen LogP contribution < -0.4 is 14.8 Å². The number of anilines is 1. The molecule has 1 aliphatic heterocycles. The Bertz CT molecular complexity index is 1100. The summed E-state index contributed by atoms with van der Waals surface area (Å²) in [6.45, 7) is 7.26. The molecule has 0 amide bonds. The van der Waals surface area contributed by atoms with Crippen LogP contribution in [0.1, 0.15) is 18.4 Å². The van der Waals surface area contributed by atoms with Gasteiger partial charge in [0.2, 0.25) is 20.0 Å². The number of piperazine rings is 1. The van der Waals surface area contributed by atoms with Gasteiger partial charge in [0.05, 0.1) is 9.79 Å². The van der Waals surface area contributed by atoms with Crippen LogP contribution in [0.3, 0.4) is 0 Å². The topological polar surface area (TPSA) is 113 Å². The normalized spacial score (nSPS) is 15.9. The molecule has 0 spiro atoms. The summed E-state index contributed by atoms with van der Waals surface area (Å²) in [5.74, 6) is 0. The predicted octanol–water partition coefficient (Wildman–Crippen LogP) is 1.52. The lowest BCUT2D eigenvalue weighted by molar-refractivity contribution is 0.253. The zero-order valence-corrected chi connectivity index (χ0v) is 19.3. The number of nitrogens with two attached hydrogens (primary N) is 1. The Morgan fingerprint density at radius 3 is 2.26 bits per heavy atom. The molecule has 0 radical (unpaired) electrons. The molecule has 1 fully saturated rings. The van der Waals surface area contributed by atoms with Crippen LogP contribution in [0, 0.1) is 6.92 Å². The molecular formula is C21H30N4O4S2. The third-order valence-corrected chi connectivity index (χ3v) is 7.75. The van der Waals surface area contributed by atoms with Gasteiger partial charge in [0.25, 0.3) is 0 Å². The van der Waals surface area contributed by atoms with Gasteiger partial charge in [-0.1, -0.05) is 18.2 Å². The number of hydrogen-bond donors (Lipinski definition) is 2. The Labute approximate surface area is 185 Å². The first-order chi connectivity index (χ1) is 14.6. The summed E-state index contributed by atoms with van der Waals surface area (Å²) in [6, 6.07) is 13.6. The number of rotatable bonds is 9. The molecule has 2 aromatic carbocycles. The Balaban J connectivity index is 1.40. The zero-order chi connectivity index (χ0) is 22.5. The van der Waals surface area contributed by atoms with E-state index in [1.807, 2.05) is 0 Å². The van der Waals surface area contributed by atoms with Gasteiger partial charge in [-0.15, -0.1) is 0 Å². The zero-order valence-electron chi connectivity index (χ0n) is 17.7. The highest BCUT2D eigenvalue weighted by Crippen LogP contribution is 2.18. The molecule has 170 valence electrons. The predicted molar refractivity (Wildman–Crippen MR) is 122 cm³/mol. The van der Waals surface area contributed by atoms with Gasteiger partial charge in [0, 0.05) is 38.4 Å². The summed E-state index contributed by atoms with van der Waals surface area (Å²) in [7, 11) is -7.73. The first kappa shape index (κ1) is 23.7. The van der Waals surface area contributed by atoms with Crippen LogP contribution in [-0.2, 0) is 20.0 Å². The maximum atomic E-state index is 12.4. The van der Waals surface area contributed by atoms with Crippen LogP contribution in [0.25, 0.3) is 0 Å². The van der Waals surface area contributed by atoms with Crippen LogP contribution in [0.2, 0.25) is 0 Å². The smallest absolute Gasteiger partial charge is 0.240 e. The maximum Gasteiger partial charge on any atom is 0.240 e. The molecule has 0 atom stereocenters. The van der Waals surface area contributed by atoms with E-state index in [4.69, 9.17) is 5.14 Å². The Kier molecular flexibility index (Phi) is 7.71. The Hall–Kier alpha value is -1.98. The first-order valence-electron chi connectivity index (χ1n) is 10.3. The number of sulfonamides is 2. The van der Waals surface area contributed by atoms with Gasteiger partial charge in [-0.2, -0.15) is 0 Å². The van der Waals surface area contributed by atoms with Gasteiger partial charge < -0.3 is 4.90 Å². The molecule has 3 N–H and O–H groups in total. The summed E-state index contributed by atoms with van der Waals surface area (Å²) < 4.78 is 50.2. The van der Waals surface area contributed by atoms with E-state index in [1.165, 1.54) is 29.4 Å². The minimum atomic E-state index is -3.95. The second-order valence-electron chi connectivity index (χ2n) is 7.79. The average Bonchev–Trinajstić information content (AvgIpc) is 2.73. The third kappa shape index (κ3) is 6.75. The molecular weight excluding hydrogens is 436 g/mol. The monoisotopic (exact) mass is 466 g/mol. The molecule has 3 rings (SSSR count). The van der Waals surface area contributed by atoms with E-state index in [0.717, 1.165) is 45.2 Å². The lowest BCUT2D eigenvalue weighted by Gasteiger charge is -2.36. The fourth-order valence-electron chi connectivity index (χ4n) is 3.62. The van der Waals surface area contributed by atoms with Crippen LogP contribution in [0.15, 0.2) is 58.3 Å². The van der Waals surface area contributed by atoms with Crippen LogP contribution in [0.4, 0.5) is 5.69 Å². The number of nitrogens with one attached hydrogen (secondary N) is 1. The highest BCUT2D eigenvalue weighted by molar-refractivity contribution is 7.90. The van der Waals surface area contributed by atoms with Crippen molar-refractivity contribution in [1.82, 2.24) is 9.62 Å². The van der Waals surface area contributed by atoms with E-state index in [-0.39, 0.29) is 9.79 Å². The van der Waals surface area contributed by atoms with Crippen molar-refractivity contribution in [3.05, 3.63) is 54.1 Å². The molecule has 1 aliphatic rings. The molecule has 1 saturated heterocycles. The summed E-state index contributed by atoms with van der Waals surface area (Å²) in [5.41, 5.74) is 2.53. The molecule has 1 heterocycles. The van der Waals surface area contributed by atoms with Crippen molar-refractivity contribution in [2.75, 3.05) is 44.2 Å². The van der Waals surface area contributed by atoms with Crippen LogP contribution >= 0.6 is 0 Å². The maximum absolute atomic E-state index is 12.4. The molecule has 0 saturated carbocycles. The van der Waals surface area contributed by atoms with Gasteiger partial charge in [0.1, 0.15) is 0 Å². The number of aryl methyl sites for hydroxylation is 1. The molecule has 10 heteroatoms. The Morgan fingerprint density at radius 1 is 0.903 bits per heavy atom. The van der Waals surface area contributed by atoms with Crippen molar-refractivity contribution >= 4 is 25.7 Å². The largest absolute Gasteiger partial charge is 0.369 e. The van der Waals surface area contributed by atoms with Crippen molar-refractivity contribution in [3.8, 4) is 0 Å². The number of unbranched alkanes of at least 4 members (excludes halogenated alkanes) is 1. The number of nitrogens with zero attached hydrogens (tertiary/aromatic N) is 2. The fraction of sp³-hybridized carbons (Fsp3) is 0.429. The van der Waals surface area contributed by atoms with E-state index in [1.54, 1.807) is 0 Å². The average molecular weight is 467 g/mol. The number of hydrogen-bond acceptors (Lipinski definition) is 6. The van der Waals surface area contributed by atoms with Crippen molar-refractivity contribution in [2.45, 2.75) is 29.6 Å². The van der Waals surface area contributed by atoms with E-state index < -0.39 is 20.0 Å². The molecule has 0 aliphatic carbocycles. The molecule has 31 heavy (non-hydrogen) atoms. The second-order valence-corrected chi connectivity index (χ2v) is 11.1. The van der Waals surface area contributed by atoms with Gasteiger partial charge >= 0.3 is 0 Å². The second kappa shape index (κ2) is 10.1. The molecule has 0 unspecified atom stereocenters. The van der Waals surface area contributed by atoms with Crippen molar-refractivity contribution in [1.29, 1.82) is 0 Å². The highest BCUT2D eigenvalue weighted by Gasteiger charge is 2.18. The SMILES string of the molecule is Cc1cccc(N2CCN(CCCCNS(=O)(=O)c3cccc(S(N)(=O)=O)c3)CC2)c1. The minimum absolute atomic E-state index is 0.105. The van der Waals surface area contributed by atoms with Crippen LogP contribution in [-0.4, -0.2) is 61.0 Å². The van der Waals surface area contributed by atoms with E-state index in [0.29, 0.717) is 13.0 Å². The lowest BCUT2D eigenvalue weighted by Crippen LogP contribution is -2.46. The standard InChI is InChI=1S/C21H30N4O4S2/c1-18-6-4-7-19(16-18)25-14-12-24(13-15-25)11-3-2-10-23-31(28,29)21-9-5-8-20(17-21)30(22,26)27/h4-9,16-17,23H,2-3,10-15H2,1H3,(H2,22,26,27). The van der Waals surface area contributed by atoms with Gasteiger partial charge in [0.15, 0.2) is 0 Å². The fourth-order valence-corrected chi connectivity index (χ4v) is 5.38. The van der Waals surface area contributed by atoms with Gasteiger partial charge in [-0.05, 0) is 62.2 Å². The molecule has 2 aromatic rings. The number of benzene rings is 2. The van der Waals surface area contributed by atoms with Gasteiger partial charge in [-0.25, -0.2) is 26.7 Å². The minimum Gasteiger partial charge on any atom is -0.369 e. The van der Waals surface area contributed by atoms with E-state index >= 15 is 0 Å². The molecule has 0 bridgehead atoms. The van der Waals surface area contributed by atoms with Crippen LogP contribution in [0.5, 0.6) is 0 Å². The molecule has 8 nitrogen and oxygen atoms in total. The highest BCUT2D eigenvalue weighted by atomic mass is 32.2. The summed E-state index contributed by atoms with van der Waals surface area (Å²) >= 11 is 0. The van der Waals surface area contributed by atoms with Crippen molar-refractivity contribution in [3.63, 3.8) is 0 Å². The Morgan fingerprint density at radius 2 is 1.58 bits per heavy atom. The van der Waals surface area contributed by atoms with E-state index in [9.17, 15) is 16.8 Å². The van der Waals surface area contributed by atoms with E-state index in [2.05, 4.69) is 45.7 Å².